The zero-order chi connectivity index (χ0) is 41.6. The molecule has 0 radical (unpaired) electrons. The third-order valence-corrected chi connectivity index (χ3v) is 12.0. The van der Waals surface area contributed by atoms with Crippen molar-refractivity contribution in [2.75, 3.05) is 62.6 Å². The van der Waals surface area contributed by atoms with Crippen LogP contribution in [0.15, 0.2) is 120 Å². The third-order valence-electron chi connectivity index (χ3n) is 10.1. The number of nitrogens with one attached hydrogen (secondary N) is 3. The topological polar surface area (TPSA) is 96.2 Å². The number of urea groups is 1. The van der Waals surface area contributed by atoms with Crippen molar-refractivity contribution in [3.8, 4) is 45.0 Å². The smallest absolute Gasteiger partial charge is 0.317 e. The molecule has 0 saturated carbocycles. The fourth-order valence-corrected chi connectivity index (χ4v) is 8.62. The number of amides is 2. The molecule has 310 valence electrons. The number of nitrogens with zero attached hydrogens (tertiary/aromatic N) is 5. The highest BCUT2D eigenvalue weighted by molar-refractivity contribution is 7.99. The monoisotopic (exact) mass is 828 g/mol. The Bertz CT molecular complexity index is 2040. The summed E-state index contributed by atoms with van der Waals surface area (Å²) in [6, 6.07) is 38.2. The fraction of sp³-hybridized carbons (Fsp3) is 0.354. The first-order chi connectivity index (χ1) is 28.7. The van der Waals surface area contributed by atoms with Crippen LogP contribution in [0.4, 0.5) is 16.2 Å². The Morgan fingerprint density at radius 2 is 0.966 bits per heavy atom. The summed E-state index contributed by atoms with van der Waals surface area (Å²) < 4.78 is 0. The lowest BCUT2D eigenvalue weighted by Gasteiger charge is -2.24. The van der Waals surface area contributed by atoms with Gasteiger partial charge in [0, 0.05) is 92.5 Å². The highest BCUT2D eigenvalue weighted by Crippen LogP contribution is 2.35. The highest BCUT2D eigenvalue weighted by atomic mass is 32.2. The third kappa shape index (κ3) is 12.4. The molecule has 0 bridgehead atoms. The van der Waals surface area contributed by atoms with Crippen LogP contribution in [-0.2, 0) is 0 Å². The Hall–Kier alpha value is -5.13. The maximum Gasteiger partial charge on any atom is 0.317 e. The lowest BCUT2D eigenvalue weighted by molar-refractivity contribution is 0.193. The van der Waals surface area contributed by atoms with Crippen molar-refractivity contribution >= 4 is 40.9 Å². The molecule has 9 nitrogen and oxygen atoms in total. The maximum atomic E-state index is 13.2. The van der Waals surface area contributed by atoms with Crippen LogP contribution in [0, 0.1) is 0 Å². The van der Waals surface area contributed by atoms with Gasteiger partial charge in [-0.2, -0.15) is 0 Å². The summed E-state index contributed by atoms with van der Waals surface area (Å²) in [5.41, 5.74) is 10.8. The summed E-state index contributed by atoms with van der Waals surface area (Å²) in [6.45, 7) is 5.57. The molecule has 2 amide bonds. The molecule has 6 rings (SSSR count). The lowest BCUT2D eigenvalue weighted by Crippen LogP contribution is -2.43. The van der Waals surface area contributed by atoms with Crippen LogP contribution in [0.3, 0.4) is 0 Å². The normalized spacial score (nSPS) is 11.2. The number of anilines is 2. The molecular formula is C48H60N8OS2. The van der Waals surface area contributed by atoms with Crippen LogP contribution in [0.1, 0.15) is 52.4 Å². The summed E-state index contributed by atoms with van der Waals surface area (Å²) in [4.78, 5) is 36.8. The molecule has 0 aliphatic rings. The van der Waals surface area contributed by atoms with Gasteiger partial charge in [0.15, 0.2) is 10.3 Å². The minimum absolute atomic E-state index is 0.0362. The number of unbranched alkanes of at least 4 members (excludes halogenated alkanes) is 4. The maximum absolute atomic E-state index is 13.2. The van der Waals surface area contributed by atoms with Crippen LogP contribution < -0.4 is 15.1 Å². The van der Waals surface area contributed by atoms with Gasteiger partial charge in [-0.05, 0) is 63.8 Å². The Morgan fingerprint density at radius 3 is 1.41 bits per heavy atom. The van der Waals surface area contributed by atoms with Crippen LogP contribution in [0.2, 0.25) is 0 Å². The quantitative estimate of drug-likeness (QED) is 0.0491. The molecular weight excluding hydrogens is 769 g/mol. The van der Waals surface area contributed by atoms with E-state index in [1.54, 1.807) is 23.5 Å². The predicted molar refractivity (Wildman–Crippen MR) is 252 cm³/mol. The number of aromatic amines is 2. The summed E-state index contributed by atoms with van der Waals surface area (Å²) in [6.07, 6.45) is 6.16. The van der Waals surface area contributed by atoms with Gasteiger partial charge in [-0.3, -0.25) is 0 Å². The summed E-state index contributed by atoms with van der Waals surface area (Å²) in [5, 5.41) is 5.00. The number of carbonyl (C=O) groups is 1. The van der Waals surface area contributed by atoms with E-state index in [1.165, 1.54) is 0 Å². The van der Waals surface area contributed by atoms with E-state index in [0.29, 0.717) is 0 Å². The number of aromatic nitrogens is 4. The van der Waals surface area contributed by atoms with E-state index in [9.17, 15) is 4.79 Å². The molecule has 0 atom stereocenters. The van der Waals surface area contributed by atoms with Crippen LogP contribution in [-0.4, -0.2) is 89.7 Å². The first kappa shape index (κ1) is 43.4. The molecule has 0 fully saturated rings. The van der Waals surface area contributed by atoms with Crippen molar-refractivity contribution in [2.24, 2.45) is 0 Å². The van der Waals surface area contributed by atoms with E-state index in [2.05, 4.69) is 150 Å². The Labute approximate surface area is 359 Å². The molecule has 6 aromatic rings. The summed E-state index contributed by atoms with van der Waals surface area (Å²) in [7, 11) is 8.23. The van der Waals surface area contributed by atoms with Gasteiger partial charge in [0.05, 0.1) is 22.8 Å². The molecule has 0 aliphatic heterocycles. The number of hydrogen-bond donors (Lipinski definition) is 3. The number of benzene rings is 4. The predicted octanol–water partition coefficient (Wildman–Crippen LogP) is 11.6. The summed E-state index contributed by atoms with van der Waals surface area (Å²) in [5.74, 6) is 1.92. The Balaban J connectivity index is 0.974. The van der Waals surface area contributed by atoms with Gasteiger partial charge in [0.25, 0.3) is 0 Å². The zero-order valence-electron chi connectivity index (χ0n) is 35.5. The number of rotatable bonds is 21. The first-order valence-electron chi connectivity index (χ1n) is 20.8. The van der Waals surface area contributed by atoms with Crippen molar-refractivity contribution in [1.82, 2.24) is 30.2 Å². The molecule has 0 spiro atoms. The van der Waals surface area contributed by atoms with Gasteiger partial charge in [-0.1, -0.05) is 121 Å². The van der Waals surface area contributed by atoms with Crippen molar-refractivity contribution in [3.05, 3.63) is 109 Å². The highest BCUT2D eigenvalue weighted by Gasteiger charge is 2.18. The van der Waals surface area contributed by atoms with Gasteiger partial charge < -0.3 is 30.0 Å². The lowest BCUT2D eigenvalue weighted by atomic mass is 10.0. The molecule has 11 heteroatoms. The van der Waals surface area contributed by atoms with Gasteiger partial charge in [-0.15, -0.1) is 0 Å². The van der Waals surface area contributed by atoms with Crippen molar-refractivity contribution in [2.45, 2.75) is 68.7 Å². The number of hydrogen-bond acceptors (Lipinski definition) is 7. The standard InChI is InChI=1S/C48H60N8OS2/c1-35(2)49-48(57)56(31-15-9-17-33-58-46-50-42(36-19-11-7-12-20-36)43(51-46)37-21-13-8-14-22-37)32-16-10-18-34-59-47-52-44(38-23-27-40(28-24-38)54(3)4)45(53-47)39-25-29-41(30-26-39)55(5)6/h7-8,11-14,19-30,35H,9-10,15-18,31-34H2,1-6H3,(H,49,57)(H,50,51)(H,52,53). The van der Waals surface area contributed by atoms with E-state index in [-0.39, 0.29) is 12.1 Å². The molecule has 2 heterocycles. The van der Waals surface area contributed by atoms with Crippen LogP contribution in [0.25, 0.3) is 45.0 Å². The molecule has 2 aromatic heterocycles. The number of imidazole rings is 2. The van der Waals surface area contributed by atoms with Crippen molar-refractivity contribution in [3.63, 3.8) is 0 Å². The van der Waals surface area contributed by atoms with Crippen LogP contribution in [0.5, 0.6) is 0 Å². The molecule has 0 aliphatic carbocycles. The van der Waals surface area contributed by atoms with Gasteiger partial charge in [0.2, 0.25) is 0 Å². The number of thioether (sulfide) groups is 2. The molecule has 4 aromatic carbocycles. The van der Waals surface area contributed by atoms with Gasteiger partial charge in [-0.25, -0.2) is 14.8 Å². The second-order valence-corrected chi connectivity index (χ2v) is 17.7. The van der Waals surface area contributed by atoms with Crippen LogP contribution >= 0.6 is 23.5 Å². The SMILES string of the molecule is CC(C)NC(=O)N(CCCCCSc1nc(-c2ccccc2)c(-c2ccccc2)[nH]1)CCCCCSc1nc(-c2ccc(N(C)C)cc2)c(-c2ccc(N(C)C)cc2)[nH]1. The van der Waals surface area contributed by atoms with E-state index in [1.807, 2.05) is 30.9 Å². The minimum atomic E-state index is 0.0362. The Kier molecular flexibility index (Phi) is 16.0. The largest absolute Gasteiger partial charge is 0.378 e. The molecule has 3 N–H and O–H groups in total. The Morgan fingerprint density at radius 1 is 0.559 bits per heavy atom. The van der Waals surface area contributed by atoms with E-state index in [4.69, 9.17) is 9.97 Å². The van der Waals surface area contributed by atoms with Crippen molar-refractivity contribution in [1.29, 1.82) is 0 Å². The number of carbonyl (C=O) groups excluding carboxylic acids is 1. The van der Waals surface area contributed by atoms with E-state index < -0.39 is 0 Å². The minimum Gasteiger partial charge on any atom is -0.378 e. The van der Waals surface area contributed by atoms with E-state index >= 15 is 0 Å². The number of H-pyrrole nitrogens is 2. The zero-order valence-corrected chi connectivity index (χ0v) is 37.1. The fourth-order valence-electron chi connectivity index (χ4n) is 6.87. The van der Waals surface area contributed by atoms with Gasteiger partial charge in [0.1, 0.15) is 0 Å². The molecule has 0 saturated heterocycles. The second-order valence-electron chi connectivity index (χ2n) is 15.6. The van der Waals surface area contributed by atoms with Gasteiger partial charge >= 0.3 is 6.03 Å². The second kappa shape index (κ2) is 21.8. The molecule has 0 unspecified atom stereocenters. The average molecular weight is 829 g/mol. The van der Waals surface area contributed by atoms with Crippen molar-refractivity contribution < 1.29 is 4.79 Å². The average Bonchev–Trinajstić information content (AvgIpc) is 3.88. The molecule has 59 heavy (non-hydrogen) atoms. The summed E-state index contributed by atoms with van der Waals surface area (Å²) >= 11 is 3.54. The van der Waals surface area contributed by atoms with E-state index in [0.717, 1.165) is 130 Å². The first-order valence-corrected chi connectivity index (χ1v) is 22.8.